The fourth-order valence-electron chi connectivity index (χ4n) is 3.05. The molecule has 0 aliphatic heterocycles. The zero-order valence-electron chi connectivity index (χ0n) is 17.6. The number of rotatable bonds is 10. The Kier molecular flexibility index (Phi) is 8.14. The number of nitrogen functional groups attached to an aromatic ring is 1. The number of anilines is 3. The van der Waals surface area contributed by atoms with Gasteiger partial charge in [0.25, 0.3) is 5.56 Å². The predicted octanol–water partition coefficient (Wildman–Crippen LogP) is 1.38. The zero-order chi connectivity index (χ0) is 24.1. The highest BCUT2D eigenvalue weighted by Gasteiger charge is 2.29. The number of sulfone groups is 1. The first-order chi connectivity index (χ1) is 15.0. The standard InChI is InChI=1S/C19H25F2N5O5S/c1-3-5-10-26-16(22)15(17(28)24-19(26)29)25(4-2)11-14(27)23-12-8-6-7-9-13(12)32(30,31)18(20)21/h6-9,18H,3-5,10-11,22H2,1-2H3,(H,23,27)(H,24,28,29). The summed E-state index contributed by atoms with van der Waals surface area (Å²) in [5.41, 5.74) is 4.19. The van der Waals surface area contributed by atoms with Crippen LogP contribution in [0.3, 0.4) is 0 Å². The van der Waals surface area contributed by atoms with E-state index in [2.05, 4.69) is 10.3 Å². The number of hydrogen-bond donors (Lipinski definition) is 3. The van der Waals surface area contributed by atoms with Gasteiger partial charge < -0.3 is 16.0 Å². The molecule has 0 atom stereocenters. The number of benzene rings is 1. The van der Waals surface area contributed by atoms with E-state index in [0.717, 1.165) is 12.5 Å². The first-order valence-electron chi connectivity index (χ1n) is 9.83. The molecular weight excluding hydrogens is 448 g/mol. The van der Waals surface area contributed by atoms with E-state index >= 15 is 0 Å². The lowest BCUT2D eigenvalue weighted by Gasteiger charge is -2.24. The van der Waals surface area contributed by atoms with Crippen LogP contribution < -0.4 is 27.2 Å². The molecule has 0 aliphatic rings. The minimum Gasteiger partial charge on any atom is -0.383 e. The van der Waals surface area contributed by atoms with Crippen LogP contribution in [0.2, 0.25) is 0 Å². The molecular formula is C19H25F2N5O5S. The topological polar surface area (TPSA) is 147 Å². The Morgan fingerprint density at radius 2 is 1.91 bits per heavy atom. The average Bonchev–Trinajstić information content (AvgIpc) is 2.72. The normalized spacial score (nSPS) is 11.5. The first kappa shape index (κ1) is 25.0. The number of aromatic amines is 1. The van der Waals surface area contributed by atoms with Gasteiger partial charge in [-0.3, -0.25) is 19.1 Å². The lowest BCUT2D eigenvalue weighted by atomic mass is 10.3. The van der Waals surface area contributed by atoms with Gasteiger partial charge in [0.2, 0.25) is 15.7 Å². The van der Waals surface area contributed by atoms with Crippen LogP contribution in [0.1, 0.15) is 26.7 Å². The Morgan fingerprint density at radius 1 is 1.25 bits per heavy atom. The maximum absolute atomic E-state index is 13.0. The van der Waals surface area contributed by atoms with Gasteiger partial charge in [-0.1, -0.05) is 25.5 Å². The number of unbranched alkanes of at least 4 members (excludes halogenated alkanes) is 1. The number of nitrogens with zero attached hydrogens (tertiary/aromatic N) is 2. The van der Waals surface area contributed by atoms with Crippen molar-refractivity contribution in [2.24, 2.45) is 0 Å². The largest absolute Gasteiger partial charge is 0.383 e. The molecule has 0 fully saturated rings. The molecule has 0 spiro atoms. The third kappa shape index (κ3) is 5.33. The summed E-state index contributed by atoms with van der Waals surface area (Å²) >= 11 is 0. The van der Waals surface area contributed by atoms with Crippen molar-refractivity contribution in [3.63, 3.8) is 0 Å². The Labute approximate surface area is 183 Å². The van der Waals surface area contributed by atoms with Gasteiger partial charge in [0.05, 0.1) is 17.1 Å². The van der Waals surface area contributed by atoms with Crippen molar-refractivity contribution in [1.29, 1.82) is 0 Å². The fourth-order valence-corrected chi connectivity index (χ4v) is 3.93. The van der Waals surface area contributed by atoms with Gasteiger partial charge in [-0.25, -0.2) is 13.2 Å². The summed E-state index contributed by atoms with van der Waals surface area (Å²) < 4.78 is 50.9. The minimum absolute atomic E-state index is 0.0909. The second-order valence-corrected chi connectivity index (χ2v) is 8.75. The smallest absolute Gasteiger partial charge is 0.341 e. The van der Waals surface area contributed by atoms with Crippen LogP contribution in [0.4, 0.5) is 26.0 Å². The number of halogens is 2. The van der Waals surface area contributed by atoms with Crippen molar-refractivity contribution in [2.75, 3.05) is 29.0 Å². The molecule has 0 bridgehead atoms. The van der Waals surface area contributed by atoms with E-state index in [1.54, 1.807) is 6.92 Å². The van der Waals surface area contributed by atoms with E-state index in [0.29, 0.717) is 6.42 Å². The number of nitrogens with two attached hydrogens (primary N) is 1. The average molecular weight is 474 g/mol. The highest BCUT2D eigenvalue weighted by molar-refractivity contribution is 7.91. The fraction of sp³-hybridized carbons (Fsp3) is 0.421. The molecule has 1 aromatic heterocycles. The van der Waals surface area contributed by atoms with Crippen LogP contribution in [-0.2, 0) is 21.2 Å². The number of para-hydroxylation sites is 1. The third-order valence-electron chi connectivity index (χ3n) is 4.68. The van der Waals surface area contributed by atoms with E-state index in [-0.39, 0.29) is 30.3 Å². The molecule has 2 rings (SSSR count). The van der Waals surface area contributed by atoms with E-state index in [4.69, 9.17) is 5.73 Å². The lowest BCUT2D eigenvalue weighted by molar-refractivity contribution is -0.115. The van der Waals surface area contributed by atoms with Crippen molar-refractivity contribution in [3.05, 3.63) is 45.1 Å². The molecule has 1 heterocycles. The molecule has 0 aliphatic carbocycles. The van der Waals surface area contributed by atoms with Crippen LogP contribution in [0.25, 0.3) is 0 Å². The van der Waals surface area contributed by atoms with Gasteiger partial charge in [-0.15, -0.1) is 0 Å². The number of nitrogens with one attached hydrogen (secondary N) is 2. The van der Waals surface area contributed by atoms with E-state index < -0.39 is 44.2 Å². The highest BCUT2D eigenvalue weighted by atomic mass is 32.2. The van der Waals surface area contributed by atoms with Crippen molar-refractivity contribution >= 4 is 32.9 Å². The van der Waals surface area contributed by atoms with Crippen LogP contribution >= 0.6 is 0 Å². The van der Waals surface area contributed by atoms with E-state index in [1.165, 1.54) is 27.7 Å². The summed E-state index contributed by atoms with van der Waals surface area (Å²) in [5.74, 6) is -4.54. The van der Waals surface area contributed by atoms with E-state index in [1.807, 2.05) is 6.92 Å². The second kappa shape index (κ2) is 10.4. The van der Waals surface area contributed by atoms with E-state index in [9.17, 15) is 31.6 Å². The van der Waals surface area contributed by atoms with Gasteiger partial charge in [0.1, 0.15) is 11.5 Å². The Balaban J connectivity index is 2.35. The highest BCUT2D eigenvalue weighted by Crippen LogP contribution is 2.26. The molecule has 2 aromatic rings. The molecule has 0 radical (unpaired) electrons. The van der Waals surface area contributed by atoms with Gasteiger partial charge in [0, 0.05) is 13.1 Å². The molecule has 176 valence electrons. The molecule has 4 N–H and O–H groups in total. The number of hydrogen-bond acceptors (Lipinski definition) is 7. The molecule has 10 nitrogen and oxygen atoms in total. The number of amides is 1. The Bertz CT molecular complexity index is 1190. The molecule has 1 amide bonds. The Hall–Kier alpha value is -3.22. The number of alkyl halides is 2. The molecule has 32 heavy (non-hydrogen) atoms. The molecule has 1 aromatic carbocycles. The van der Waals surface area contributed by atoms with Crippen LogP contribution in [0, 0.1) is 0 Å². The zero-order valence-corrected chi connectivity index (χ0v) is 18.4. The summed E-state index contributed by atoms with van der Waals surface area (Å²) in [7, 11) is -4.95. The first-order valence-corrected chi connectivity index (χ1v) is 11.4. The monoisotopic (exact) mass is 473 g/mol. The van der Waals surface area contributed by atoms with Crippen molar-refractivity contribution in [3.8, 4) is 0 Å². The molecule has 0 saturated heterocycles. The van der Waals surface area contributed by atoms with Crippen LogP contribution in [0.5, 0.6) is 0 Å². The summed E-state index contributed by atoms with van der Waals surface area (Å²) in [6.07, 6.45) is 1.42. The summed E-state index contributed by atoms with van der Waals surface area (Å²) in [4.78, 5) is 39.8. The third-order valence-corrected chi connectivity index (χ3v) is 6.12. The van der Waals surface area contributed by atoms with Crippen LogP contribution in [-0.4, -0.2) is 42.7 Å². The number of likely N-dealkylation sites (N-methyl/N-ethyl adjacent to an activating group) is 1. The number of carbonyl (C=O) groups is 1. The summed E-state index contributed by atoms with van der Waals surface area (Å²) in [6, 6.07) is 4.77. The maximum Gasteiger partial charge on any atom is 0.341 e. The van der Waals surface area contributed by atoms with Gasteiger partial charge in [-0.2, -0.15) is 8.78 Å². The number of carbonyl (C=O) groups excluding carboxylic acids is 1. The number of aromatic nitrogens is 2. The van der Waals surface area contributed by atoms with Gasteiger partial charge in [-0.05, 0) is 25.5 Å². The minimum atomic E-state index is -4.95. The molecule has 0 unspecified atom stereocenters. The van der Waals surface area contributed by atoms with Crippen molar-refractivity contribution in [1.82, 2.24) is 9.55 Å². The summed E-state index contributed by atoms with van der Waals surface area (Å²) in [5, 5.41) is 2.29. The lowest BCUT2D eigenvalue weighted by Crippen LogP contribution is -2.41. The Morgan fingerprint density at radius 3 is 2.50 bits per heavy atom. The predicted molar refractivity (Wildman–Crippen MR) is 117 cm³/mol. The maximum atomic E-state index is 13.0. The molecule has 0 saturated carbocycles. The number of H-pyrrole nitrogens is 1. The summed E-state index contributed by atoms with van der Waals surface area (Å²) in [6.45, 7) is 3.53. The van der Waals surface area contributed by atoms with Crippen LogP contribution in [0.15, 0.2) is 38.8 Å². The quantitative estimate of drug-likeness (QED) is 0.472. The molecule has 13 heteroatoms. The van der Waals surface area contributed by atoms with Gasteiger partial charge >= 0.3 is 11.4 Å². The SMILES string of the molecule is CCCCn1c(N)c(N(CC)CC(=O)Nc2ccccc2S(=O)(=O)C(F)F)c(=O)[nH]c1=O. The van der Waals surface area contributed by atoms with Crippen molar-refractivity contribution in [2.45, 2.75) is 43.9 Å². The van der Waals surface area contributed by atoms with Gasteiger partial charge in [0.15, 0.2) is 0 Å². The second-order valence-electron chi connectivity index (χ2n) is 6.86. The van der Waals surface area contributed by atoms with Crippen molar-refractivity contribution < 1.29 is 22.0 Å².